The fraction of sp³-hybridized carbons (Fsp3) is 0.316. The van der Waals surface area contributed by atoms with Gasteiger partial charge >= 0.3 is 0 Å². The minimum absolute atomic E-state index is 0.0141. The molecule has 3 heterocycles. The lowest BCUT2D eigenvalue weighted by Crippen LogP contribution is -2.24. The fourth-order valence-electron chi connectivity index (χ4n) is 3.39. The first-order valence-corrected chi connectivity index (χ1v) is 10.7. The molecule has 0 radical (unpaired) electrons. The van der Waals surface area contributed by atoms with Crippen molar-refractivity contribution >= 4 is 9.84 Å². The minimum atomic E-state index is -3.74. The van der Waals surface area contributed by atoms with Gasteiger partial charge in [0.2, 0.25) is 5.89 Å². The largest absolute Gasteiger partial charge is 0.392 e. The first-order chi connectivity index (χ1) is 13.9. The summed E-state index contributed by atoms with van der Waals surface area (Å²) < 4.78 is 43.3. The van der Waals surface area contributed by atoms with Crippen molar-refractivity contribution in [3.05, 3.63) is 71.9 Å². The van der Waals surface area contributed by atoms with Gasteiger partial charge in [-0.15, -0.1) is 0 Å². The molecule has 0 saturated carbocycles. The van der Waals surface area contributed by atoms with Crippen molar-refractivity contribution in [1.29, 1.82) is 0 Å². The minimum Gasteiger partial charge on any atom is -0.392 e. The number of pyridine rings is 1. The third kappa shape index (κ3) is 4.50. The van der Waals surface area contributed by atoms with E-state index in [-0.39, 0.29) is 22.7 Å². The van der Waals surface area contributed by atoms with Crippen molar-refractivity contribution in [2.45, 2.75) is 35.8 Å². The quantitative estimate of drug-likeness (QED) is 0.605. The van der Waals surface area contributed by atoms with Gasteiger partial charge in [-0.2, -0.15) is 4.98 Å². The number of aromatic nitrogens is 3. The molecule has 4 rings (SSSR count). The average Bonchev–Trinajstić information content (AvgIpc) is 3.28. The molecule has 0 spiro atoms. The molecule has 0 bridgehead atoms. The maximum absolute atomic E-state index is 13.0. The van der Waals surface area contributed by atoms with E-state index in [0.717, 1.165) is 17.7 Å². The first-order valence-electron chi connectivity index (χ1n) is 9.02. The summed E-state index contributed by atoms with van der Waals surface area (Å²) >= 11 is 0. The summed E-state index contributed by atoms with van der Waals surface area (Å²) in [5.41, 5.74) is 0.977. The Hall–Kier alpha value is -2.69. The van der Waals surface area contributed by atoms with Crippen LogP contribution < -0.4 is 0 Å². The molecule has 1 saturated heterocycles. The fourth-order valence-corrected chi connectivity index (χ4v) is 4.57. The maximum Gasteiger partial charge on any atom is 0.244 e. The second-order valence-electron chi connectivity index (χ2n) is 6.96. The summed E-state index contributed by atoms with van der Waals surface area (Å²) in [6.45, 7) is 0.978. The highest BCUT2D eigenvalue weighted by atomic mass is 32.2. The molecule has 1 aliphatic heterocycles. The van der Waals surface area contributed by atoms with E-state index in [2.05, 4.69) is 15.1 Å². The number of halogens is 1. The van der Waals surface area contributed by atoms with Crippen LogP contribution in [0.4, 0.5) is 4.39 Å². The van der Waals surface area contributed by atoms with Gasteiger partial charge < -0.3 is 9.63 Å². The first kappa shape index (κ1) is 19.6. The molecule has 0 aliphatic carbocycles. The second-order valence-corrected chi connectivity index (χ2v) is 8.95. The average molecular weight is 418 g/mol. The zero-order valence-electron chi connectivity index (χ0n) is 15.3. The monoisotopic (exact) mass is 418 g/mol. The molecule has 2 aromatic heterocycles. The number of hydrogen-bond donors (Lipinski definition) is 1. The molecule has 152 valence electrons. The van der Waals surface area contributed by atoms with E-state index in [0.29, 0.717) is 19.5 Å². The Labute approximate surface area is 166 Å². The molecular formula is C19H19FN4O4S. The normalized spacial score (nSPS) is 20.2. The Morgan fingerprint density at radius 2 is 2.03 bits per heavy atom. The number of β-amino-alcohol motifs (C(OH)–C–C–N with tert-alkyl or cyclic N) is 1. The number of nitrogens with zero attached hydrogens (tertiary/aromatic N) is 4. The molecule has 0 amide bonds. The van der Waals surface area contributed by atoms with Crippen LogP contribution >= 0.6 is 0 Å². The molecule has 8 nitrogen and oxygen atoms in total. The van der Waals surface area contributed by atoms with E-state index >= 15 is 0 Å². The van der Waals surface area contributed by atoms with Crippen LogP contribution in [0.1, 0.15) is 29.7 Å². The van der Waals surface area contributed by atoms with Gasteiger partial charge in [0, 0.05) is 25.5 Å². The van der Waals surface area contributed by atoms with E-state index in [9.17, 15) is 17.9 Å². The molecule has 29 heavy (non-hydrogen) atoms. The van der Waals surface area contributed by atoms with Crippen molar-refractivity contribution in [2.75, 3.05) is 6.54 Å². The van der Waals surface area contributed by atoms with Crippen LogP contribution in [0.2, 0.25) is 0 Å². The molecular weight excluding hydrogens is 399 g/mol. The highest BCUT2D eigenvalue weighted by molar-refractivity contribution is 7.90. The molecule has 1 aromatic carbocycles. The van der Waals surface area contributed by atoms with E-state index in [1.807, 2.05) is 17.0 Å². The Kier molecular flexibility index (Phi) is 5.39. The summed E-state index contributed by atoms with van der Waals surface area (Å²) in [5, 5.41) is 13.9. The number of hydrogen-bond acceptors (Lipinski definition) is 8. The number of sulfone groups is 1. The predicted octanol–water partition coefficient (Wildman–Crippen LogP) is 1.89. The standard InChI is InChI=1S/C19H19FN4O4S/c20-14-3-5-16(6-4-14)29(26,27)12-18-22-19(28-23-18)17-8-15(25)11-24(17)10-13-2-1-7-21-9-13/h1-7,9,15,17,25H,8,10-12H2. The smallest absolute Gasteiger partial charge is 0.244 e. The van der Waals surface area contributed by atoms with Crippen LogP contribution in [0.25, 0.3) is 0 Å². The third-order valence-corrected chi connectivity index (χ3v) is 6.38. The van der Waals surface area contributed by atoms with Crippen molar-refractivity contribution in [3.8, 4) is 0 Å². The molecule has 2 unspecified atom stereocenters. The van der Waals surface area contributed by atoms with Gasteiger partial charge in [-0.25, -0.2) is 12.8 Å². The highest BCUT2D eigenvalue weighted by Crippen LogP contribution is 2.32. The molecule has 1 fully saturated rings. The number of benzene rings is 1. The number of likely N-dealkylation sites (tertiary alicyclic amines) is 1. The summed E-state index contributed by atoms with van der Waals surface area (Å²) in [7, 11) is -3.74. The molecule has 3 aromatic rings. The third-order valence-electron chi connectivity index (χ3n) is 4.75. The number of rotatable bonds is 6. The number of aliphatic hydroxyl groups is 1. The number of aliphatic hydroxyl groups excluding tert-OH is 1. The summed E-state index contributed by atoms with van der Waals surface area (Å²) in [6, 6.07) is 8.03. The highest BCUT2D eigenvalue weighted by Gasteiger charge is 2.36. The predicted molar refractivity (Wildman–Crippen MR) is 99.6 cm³/mol. The summed E-state index contributed by atoms with van der Waals surface area (Å²) in [4.78, 5) is 10.3. The van der Waals surface area contributed by atoms with E-state index in [1.54, 1.807) is 12.4 Å². The molecule has 1 N–H and O–H groups in total. The second kappa shape index (κ2) is 7.97. The lowest BCUT2D eigenvalue weighted by molar-refractivity contribution is 0.169. The van der Waals surface area contributed by atoms with Crippen LogP contribution in [0, 0.1) is 5.82 Å². The van der Waals surface area contributed by atoms with Crippen molar-refractivity contribution in [2.24, 2.45) is 0 Å². The van der Waals surface area contributed by atoms with Gasteiger partial charge in [-0.1, -0.05) is 11.2 Å². The molecule has 10 heteroatoms. The Morgan fingerprint density at radius 3 is 2.76 bits per heavy atom. The van der Waals surface area contributed by atoms with E-state index in [1.165, 1.54) is 12.1 Å². The zero-order valence-corrected chi connectivity index (χ0v) is 16.2. The summed E-state index contributed by atoms with van der Waals surface area (Å²) in [5.74, 6) is -0.693. The van der Waals surface area contributed by atoms with Crippen molar-refractivity contribution in [3.63, 3.8) is 0 Å². The van der Waals surface area contributed by atoms with Gasteiger partial charge in [-0.3, -0.25) is 9.88 Å². The molecule has 1 aliphatic rings. The lowest BCUT2D eigenvalue weighted by atomic mass is 10.2. The maximum atomic E-state index is 13.0. The van der Waals surface area contributed by atoms with Gasteiger partial charge in [0.1, 0.15) is 11.6 Å². The van der Waals surface area contributed by atoms with Gasteiger partial charge in [-0.05, 0) is 42.3 Å². The van der Waals surface area contributed by atoms with Crippen LogP contribution in [0.3, 0.4) is 0 Å². The topological polar surface area (TPSA) is 109 Å². The van der Waals surface area contributed by atoms with Crippen molar-refractivity contribution in [1.82, 2.24) is 20.0 Å². The van der Waals surface area contributed by atoms with Gasteiger partial charge in [0.05, 0.1) is 17.0 Å². The lowest BCUT2D eigenvalue weighted by Gasteiger charge is -2.20. The van der Waals surface area contributed by atoms with Crippen molar-refractivity contribution < 1.29 is 22.4 Å². The summed E-state index contributed by atoms with van der Waals surface area (Å²) in [6.07, 6.45) is 3.30. The van der Waals surface area contributed by atoms with Gasteiger partial charge in [0.15, 0.2) is 15.7 Å². The van der Waals surface area contributed by atoms with Crippen LogP contribution in [-0.4, -0.2) is 46.2 Å². The van der Waals surface area contributed by atoms with Gasteiger partial charge in [0.25, 0.3) is 0 Å². The Balaban J connectivity index is 1.51. The van der Waals surface area contributed by atoms with E-state index < -0.39 is 27.5 Å². The van der Waals surface area contributed by atoms with Crippen LogP contribution in [0.15, 0.2) is 58.2 Å². The van der Waals surface area contributed by atoms with E-state index in [4.69, 9.17) is 4.52 Å². The molecule has 2 atom stereocenters. The Morgan fingerprint density at radius 1 is 1.24 bits per heavy atom. The Bertz CT molecular complexity index is 1070. The van der Waals surface area contributed by atoms with Crippen LogP contribution in [0.5, 0.6) is 0 Å². The SMILES string of the molecule is O=S(=O)(Cc1noc(C2CC(O)CN2Cc2cccnc2)n1)c1ccc(F)cc1. The zero-order chi connectivity index (χ0) is 20.4. The van der Waals surface area contributed by atoms with Crippen LogP contribution in [-0.2, 0) is 22.1 Å².